The highest BCUT2D eigenvalue weighted by molar-refractivity contribution is 5.66. The van der Waals surface area contributed by atoms with Crippen molar-refractivity contribution in [3.63, 3.8) is 0 Å². The molecule has 16 heavy (non-hydrogen) atoms. The van der Waals surface area contributed by atoms with Gasteiger partial charge in [-0.05, 0) is 0 Å². The molecule has 1 saturated carbocycles. The fourth-order valence-electron chi connectivity index (χ4n) is 2.44. The van der Waals surface area contributed by atoms with Crippen LogP contribution in [0.1, 0.15) is 6.92 Å². The minimum atomic E-state index is -1.02. The number of hydrogen-bond donors (Lipinski definition) is 2. The van der Waals surface area contributed by atoms with Crippen LogP contribution in [0.5, 0.6) is 0 Å². The third-order valence-corrected chi connectivity index (χ3v) is 3.10. The molecule has 3 saturated heterocycles. The molecule has 90 valence electrons. The van der Waals surface area contributed by atoms with E-state index in [1.54, 1.807) is 0 Å². The molecular weight excluding hydrogens is 220 g/mol. The Morgan fingerprint density at radius 1 is 1.06 bits per heavy atom. The summed E-state index contributed by atoms with van der Waals surface area (Å²) in [5.41, 5.74) is 0. The third kappa shape index (κ3) is 1.30. The zero-order valence-corrected chi connectivity index (χ0v) is 8.48. The Morgan fingerprint density at radius 3 is 2.06 bits per heavy atom. The molecule has 7 nitrogen and oxygen atoms in total. The van der Waals surface area contributed by atoms with Crippen molar-refractivity contribution in [1.82, 2.24) is 0 Å². The minimum Gasteiger partial charge on any atom is -0.457 e. The first kappa shape index (κ1) is 10.4. The topological polar surface area (TPSA) is 94.5 Å². The zero-order valence-electron chi connectivity index (χ0n) is 8.48. The molecule has 0 aromatic rings. The van der Waals surface area contributed by atoms with Crippen molar-refractivity contribution in [3.8, 4) is 0 Å². The van der Waals surface area contributed by atoms with Crippen LogP contribution in [-0.4, -0.2) is 59.3 Å². The van der Waals surface area contributed by atoms with E-state index in [1.165, 1.54) is 6.92 Å². The zero-order chi connectivity index (χ0) is 11.4. The average molecular weight is 232 g/mol. The molecule has 3 unspecified atom stereocenters. The fourth-order valence-corrected chi connectivity index (χ4v) is 2.44. The molecule has 1 aliphatic carbocycles. The molecule has 0 aromatic carbocycles. The molecule has 4 fully saturated rings. The van der Waals surface area contributed by atoms with E-state index in [1.807, 2.05) is 0 Å². The van der Waals surface area contributed by atoms with Crippen molar-refractivity contribution >= 4 is 5.97 Å². The summed E-state index contributed by atoms with van der Waals surface area (Å²) in [5, 5.41) is 19.6. The largest absolute Gasteiger partial charge is 0.457 e. The number of rotatable bonds is 1. The van der Waals surface area contributed by atoms with Crippen molar-refractivity contribution in [3.05, 3.63) is 0 Å². The second kappa shape index (κ2) is 3.38. The van der Waals surface area contributed by atoms with Crippen molar-refractivity contribution in [2.24, 2.45) is 0 Å². The Bertz CT molecular complexity index is 299. The lowest BCUT2D eigenvalue weighted by molar-refractivity contribution is -0.480. The standard InChI is InChI=1S/C9H12O7/c1-2(10)13-8-6-3(11)5-4(12)7(8)16-9(14-5)15-6/h3-9,11-12H,1H3/t3-,4+,5?,6+,7-,8?,9?. The van der Waals surface area contributed by atoms with Crippen molar-refractivity contribution < 1.29 is 34.0 Å². The summed E-state index contributed by atoms with van der Waals surface area (Å²) in [6.45, 7) is 0.360. The summed E-state index contributed by atoms with van der Waals surface area (Å²) in [5.74, 6) is -0.509. The minimum absolute atomic E-state index is 0.509. The molecule has 3 aliphatic heterocycles. The van der Waals surface area contributed by atoms with E-state index in [9.17, 15) is 15.0 Å². The van der Waals surface area contributed by atoms with E-state index in [0.29, 0.717) is 0 Å². The predicted molar refractivity (Wildman–Crippen MR) is 46.0 cm³/mol. The first-order valence-electron chi connectivity index (χ1n) is 5.07. The normalized spacial score (nSPS) is 54.1. The second-order valence-electron chi connectivity index (χ2n) is 4.15. The lowest BCUT2D eigenvalue weighted by Crippen LogP contribution is -2.75. The molecular formula is C9H12O7. The van der Waals surface area contributed by atoms with Gasteiger partial charge in [-0.3, -0.25) is 4.79 Å². The Balaban J connectivity index is 1.88. The van der Waals surface area contributed by atoms with Crippen LogP contribution in [0.15, 0.2) is 0 Å². The highest BCUT2D eigenvalue weighted by Crippen LogP contribution is 2.40. The summed E-state index contributed by atoms with van der Waals surface area (Å²) in [7, 11) is 0. The van der Waals surface area contributed by atoms with Gasteiger partial charge in [0.15, 0.2) is 6.10 Å². The van der Waals surface area contributed by atoms with Gasteiger partial charge >= 0.3 is 5.97 Å². The highest BCUT2D eigenvalue weighted by Gasteiger charge is 2.62. The number of ether oxygens (including phenoxy) is 4. The van der Waals surface area contributed by atoms with Gasteiger partial charge in [-0.15, -0.1) is 0 Å². The summed E-state index contributed by atoms with van der Waals surface area (Å²) >= 11 is 0. The molecule has 2 N–H and O–H groups in total. The van der Waals surface area contributed by atoms with Crippen LogP contribution in [0.25, 0.3) is 0 Å². The van der Waals surface area contributed by atoms with Crippen LogP contribution in [0.3, 0.4) is 0 Å². The molecule has 4 rings (SSSR count). The quantitative estimate of drug-likeness (QED) is 0.511. The number of aliphatic hydroxyl groups is 2. The Hall–Kier alpha value is -0.730. The Labute approximate surface area is 90.8 Å². The monoisotopic (exact) mass is 232 g/mol. The highest BCUT2D eigenvalue weighted by atomic mass is 16.9. The molecule has 0 aromatic heterocycles. The van der Waals surface area contributed by atoms with E-state index in [2.05, 4.69) is 0 Å². The molecule has 7 atom stereocenters. The van der Waals surface area contributed by atoms with Gasteiger partial charge < -0.3 is 29.2 Å². The first-order chi connectivity index (χ1) is 7.58. The van der Waals surface area contributed by atoms with Crippen LogP contribution in [0.4, 0.5) is 0 Å². The van der Waals surface area contributed by atoms with Gasteiger partial charge in [0.2, 0.25) is 0 Å². The number of carbonyl (C=O) groups excluding carboxylic acids is 1. The molecule has 7 heteroatoms. The molecule has 0 spiro atoms. The van der Waals surface area contributed by atoms with Crippen LogP contribution in [0, 0.1) is 0 Å². The van der Waals surface area contributed by atoms with E-state index in [-0.39, 0.29) is 0 Å². The molecule has 4 bridgehead atoms. The summed E-state index contributed by atoms with van der Waals surface area (Å²) < 4.78 is 20.5. The third-order valence-electron chi connectivity index (χ3n) is 3.10. The predicted octanol–water partition coefficient (Wildman–Crippen LogP) is -1.88. The van der Waals surface area contributed by atoms with E-state index >= 15 is 0 Å². The lowest BCUT2D eigenvalue weighted by atomic mass is 9.82. The van der Waals surface area contributed by atoms with Gasteiger partial charge in [-0.2, -0.15) is 0 Å². The van der Waals surface area contributed by atoms with Gasteiger partial charge in [0.1, 0.15) is 30.5 Å². The van der Waals surface area contributed by atoms with Gasteiger partial charge in [-0.1, -0.05) is 0 Å². The molecule has 3 heterocycles. The van der Waals surface area contributed by atoms with Crippen molar-refractivity contribution in [1.29, 1.82) is 0 Å². The summed E-state index contributed by atoms with van der Waals surface area (Å²) in [6.07, 6.45) is -4.97. The van der Waals surface area contributed by atoms with Crippen LogP contribution in [0.2, 0.25) is 0 Å². The average Bonchev–Trinajstić information content (AvgIpc) is 2.23. The molecule has 0 amide bonds. The Morgan fingerprint density at radius 2 is 1.56 bits per heavy atom. The summed E-state index contributed by atoms with van der Waals surface area (Å²) in [6, 6.07) is 0. The fraction of sp³-hybridized carbons (Fsp3) is 0.889. The SMILES string of the molecule is CC(=O)OC1[C@H]2OC3OC([C@H]2O)[C@H](O)[C@H]1O3. The number of carbonyl (C=O) groups is 1. The molecule has 0 radical (unpaired) electrons. The van der Waals surface area contributed by atoms with Crippen molar-refractivity contribution in [2.45, 2.75) is 50.0 Å². The number of esters is 1. The van der Waals surface area contributed by atoms with Crippen molar-refractivity contribution in [2.75, 3.05) is 0 Å². The van der Waals surface area contributed by atoms with Gasteiger partial charge in [0.05, 0.1) is 0 Å². The van der Waals surface area contributed by atoms with Gasteiger partial charge in [-0.25, -0.2) is 0 Å². The first-order valence-corrected chi connectivity index (χ1v) is 5.07. The maximum atomic E-state index is 10.9. The van der Waals surface area contributed by atoms with E-state index in [4.69, 9.17) is 18.9 Å². The number of aliphatic hydroxyl groups excluding tert-OH is 2. The maximum absolute atomic E-state index is 10.9. The van der Waals surface area contributed by atoms with Gasteiger partial charge in [0, 0.05) is 6.92 Å². The Kier molecular flexibility index (Phi) is 2.20. The summed E-state index contributed by atoms with van der Waals surface area (Å²) in [4.78, 5) is 10.9. The second-order valence-corrected chi connectivity index (χ2v) is 4.15. The van der Waals surface area contributed by atoms with E-state index < -0.39 is 49.1 Å². The maximum Gasteiger partial charge on any atom is 0.303 e. The number of hydrogen-bond acceptors (Lipinski definition) is 7. The van der Waals surface area contributed by atoms with Gasteiger partial charge in [0.25, 0.3) is 6.48 Å². The van der Waals surface area contributed by atoms with Crippen LogP contribution < -0.4 is 0 Å². The lowest BCUT2D eigenvalue weighted by Gasteiger charge is -2.56. The van der Waals surface area contributed by atoms with E-state index in [0.717, 1.165) is 0 Å². The van der Waals surface area contributed by atoms with Crippen LogP contribution >= 0.6 is 0 Å². The smallest absolute Gasteiger partial charge is 0.303 e. The molecule has 4 aliphatic rings. The van der Waals surface area contributed by atoms with Crippen LogP contribution in [-0.2, 0) is 23.7 Å².